The van der Waals surface area contributed by atoms with Crippen molar-refractivity contribution in [1.82, 2.24) is 0 Å². The van der Waals surface area contributed by atoms with Crippen LogP contribution >= 0.6 is 11.3 Å². The molecule has 0 aliphatic rings. The van der Waals surface area contributed by atoms with Gasteiger partial charge in [-0.15, -0.1) is 11.3 Å². The van der Waals surface area contributed by atoms with Crippen LogP contribution in [0.2, 0.25) is 0 Å². The Bertz CT molecular complexity index is 536. The Hall–Kier alpha value is -1.52. The van der Waals surface area contributed by atoms with Crippen LogP contribution in [0.4, 0.5) is 0 Å². The van der Waals surface area contributed by atoms with Gasteiger partial charge >= 0.3 is 0 Å². The molecule has 2 aromatic rings. The molecule has 0 bridgehead atoms. The van der Waals surface area contributed by atoms with Gasteiger partial charge in [0.15, 0.2) is 11.5 Å². The average Bonchev–Trinajstić information content (AvgIpc) is 2.83. The lowest BCUT2D eigenvalue weighted by molar-refractivity contribution is 0.354. The lowest BCUT2D eigenvalue weighted by atomic mass is 10.0. The molecule has 0 aliphatic carbocycles. The summed E-state index contributed by atoms with van der Waals surface area (Å²) in [5, 5.41) is 2.06. The summed E-state index contributed by atoms with van der Waals surface area (Å²) in [6.45, 7) is 2.08. The molecule has 18 heavy (non-hydrogen) atoms. The van der Waals surface area contributed by atoms with Crippen molar-refractivity contribution in [1.29, 1.82) is 0 Å². The van der Waals surface area contributed by atoms with Crippen molar-refractivity contribution >= 4 is 11.3 Å². The SMILES string of the molecule is COc1ccc(C(N)c2sccc2C)cc1OC. The Kier molecular flexibility index (Phi) is 3.89. The minimum atomic E-state index is -0.121. The van der Waals surface area contributed by atoms with Gasteiger partial charge in [0.25, 0.3) is 0 Å². The van der Waals surface area contributed by atoms with Crippen molar-refractivity contribution in [3.8, 4) is 11.5 Å². The molecular formula is C14H17NO2S. The predicted octanol–water partition coefficient (Wildman–Crippen LogP) is 3.12. The molecule has 0 fully saturated rings. The van der Waals surface area contributed by atoms with E-state index in [-0.39, 0.29) is 6.04 Å². The van der Waals surface area contributed by atoms with Crippen LogP contribution in [0.3, 0.4) is 0 Å². The van der Waals surface area contributed by atoms with Crippen molar-refractivity contribution in [3.63, 3.8) is 0 Å². The maximum Gasteiger partial charge on any atom is 0.161 e. The van der Waals surface area contributed by atoms with E-state index < -0.39 is 0 Å². The molecule has 0 saturated carbocycles. The number of methoxy groups -OCH3 is 2. The molecule has 0 spiro atoms. The van der Waals surface area contributed by atoms with Gasteiger partial charge in [-0.2, -0.15) is 0 Å². The zero-order valence-electron chi connectivity index (χ0n) is 10.8. The summed E-state index contributed by atoms with van der Waals surface area (Å²) >= 11 is 1.68. The molecule has 0 radical (unpaired) electrons. The normalized spacial score (nSPS) is 12.2. The minimum Gasteiger partial charge on any atom is -0.493 e. The van der Waals surface area contributed by atoms with Crippen LogP contribution in [0.1, 0.15) is 22.0 Å². The lowest BCUT2D eigenvalue weighted by Crippen LogP contribution is -2.11. The van der Waals surface area contributed by atoms with Gasteiger partial charge in [-0.1, -0.05) is 6.07 Å². The van der Waals surface area contributed by atoms with Crippen LogP contribution in [0.15, 0.2) is 29.6 Å². The lowest BCUT2D eigenvalue weighted by Gasteiger charge is -2.14. The van der Waals surface area contributed by atoms with Crippen LogP contribution < -0.4 is 15.2 Å². The number of aryl methyl sites for hydroxylation is 1. The molecular weight excluding hydrogens is 246 g/mol. The highest BCUT2D eigenvalue weighted by Crippen LogP contribution is 2.33. The monoisotopic (exact) mass is 263 g/mol. The Morgan fingerprint density at radius 2 is 1.83 bits per heavy atom. The number of hydrogen-bond donors (Lipinski definition) is 1. The molecule has 1 unspecified atom stereocenters. The zero-order valence-corrected chi connectivity index (χ0v) is 11.6. The molecule has 1 atom stereocenters. The number of rotatable bonds is 4. The van der Waals surface area contributed by atoms with Crippen molar-refractivity contribution in [3.05, 3.63) is 45.6 Å². The van der Waals surface area contributed by atoms with Crippen molar-refractivity contribution < 1.29 is 9.47 Å². The van der Waals surface area contributed by atoms with E-state index in [4.69, 9.17) is 15.2 Å². The smallest absolute Gasteiger partial charge is 0.161 e. The van der Waals surface area contributed by atoms with Gasteiger partial charge in [-0.25, -0.2) is 0 Å². The maximum atomic E-state index is 6.29. The van der Waals surface area contributed by atoms with Gasteiger partial charge in [0.2, 0.25) is 0 Å². The predicted molar refractivity (Wildman–Crippen MR) is 74.6 cm³/mol. The fraction of sp³-hybridized carbons (Fsp3) is 0.286. The summed E-state index contributed by atoms with van der Waals surface area (Å²) in [7, 11) is 3.25. The first kappa shape index (κ1) is 12.9. The first-order chi connectivity index (χ1) is 8.67. The minimum absolute atomic E-state index is 0.121. The van der Waals surface area contributed by atoms with Crippen LogP contribution in [-0.4, -0.2) is 14.2 Å². The Balaban J connectivity index is 2.37. The Labute approximate surface area is 111 Å². The van der Waals surface area contributed by atoms with Crippen molar-refractivity contribution in [2.75, 3.05) is 14.2 Å². The van der Waals surface area contributed by atoms with E-state index in [1.54, 1.807) is 25.6 Å². The quantitative estimate of drug-likeness (QED) is 0.921. The molecule has 4 heteroatoms. The second-order valence-corrected chi connectivity index (χ2v) is 5.01. The molecule has 0 amide bonds. The van der Waals surface area contributed by atoms with Crippen molar-refractivity contribution in [2.24, 2.45) is 5.73 Å². The second kappa shape index (κ2) is 5.42. The van der Waals surface area contributed by atoms with E-state index in [0.717, 1.165) is 11.3 Å². The Morgan fingerprint density at radius 3 is 2.39 bits per heavy atom. The van der Waals surface area contributed by atoms with Crippen LogP contribution in [0, 0.1) is 6.92 Å². The number of thiophene rings is 1. The molecule has 2 rings (SSSR count). The topological polar surface area (TPSA) is 44.5 Å². The van der Waals surface area contributed by atoms with Crippen LogP contribution in [-0.2, 0) is 0 Å². The third kappa shape index (κ3) is 2.35. The van der Waals surface area contributed by atoms with E-state index in [2.05, 4.69) is 18.4 Å². The molecule has 1 heterocycles. The third-order valence-corrected chi connectivity index (χ3v) is 4.05. The van der Waals surface area contributed by atoms with Crippen LogP contribution in [0.5, 0.6) is 11.5 Å². The average molecular weight is 263 g/mol. The molecule has 1 aromatic carbocycles. The van der Waals surface area contributed by atoms with E-state index in [0.29, 0.717) is 5.75 Å². The van der Waals surface area contributed by atoms with Crippen LogP contribution in [0.25, 0.3) is 0 Å². The highest BCUT2D eigenvalue weighted by Gasteiger charge is 2.15. The summed E-state index contributed by atoms with van der Waals surface area (Å²) in [6, 6.07) is 7.76. The van der Waals surface area contributed by atoms with Gasteiger partial charge in [0.1, 0.15) is 0 Å². The summed E-state index contributed by atoms with van der Waals surface area (Å²) in [5.41, 5.74) is 8.54. The van der Waals surface area contributed by atoms with Gasteiger partial charge < -0.3 is 15.2 Å². The zero-order chi connectivity index (χ0) is 13.1. The summed E-state index contributed by atoms with van der Waals surface area (Å²) in [5.74, 6) is 1.43. The molecule has 1 aromatic heterocycles. The van der Waals surface area contributed by atoms with Gasteiger partial charge in [-0.05, 0) is 41.6 Å². The number of hydrogen-bond acceptors (Lipinski definition) is 4. The van der Waals surface area contributed by atoms with Gasteiger partial charge in [0.05, 0.1) is 20.3 Å². The maximum absolute atomic E-state index is 6.29. The summed E-state index contributed by atoms with van der Waals surface area (Å²) < 4.78 is 10.5. The molecule has 0 saturated heterocycles. The molecule has 3 nitrogen and oxygen atoms in total. The fourth-order valence-electron chi connectivity index (χ4n) is 1.90. The first-order valence-electron chi connectivity index (χ1n) is 5.69. The first-order valence-corrected chi connectivity index (χ1v) is 6.56. The largest absolute Gasteiger partial charge is 0.493 e. The van der Waals surface area contributed by atoms with E-state index >= 15 is 0 Å². The number of ether oxygens (including phenoxy) is 2. The number of benzene rings is 1. The second-order valence-electron chi connectivity index (χ2n) is 4.06. The van der Waals surface area contributed by atoms with Crippen molar-refractivity contribution in [2.45, 2.75) is 13.0 Å². The third-order valence-electron chi connectivity index (χ3n) is 2.95. The standard InChI is InChI=1S/C14H17NO2S/c1-9-6-7-18-14(9)13(15)10-4-5-11(16-2)12(8-10)17-3/h4-8,13H,15H2,1-3H3. The van der Waals surface area contributed by atoms with E-state index in [1.165, 1.54) is 10.4 Å². The van der Waals surface area contributed by atoms with E-state index in [1.807, 2.05) is 18.2 Å². The number of nitrogens with two attached hydrogens (primary N) is 1. The Morgan fingerprint density at radius 1 is 1.11 bits per heavy atom. The van der Waals surface area contributed by atoms with Gasteiger partial charge in [0, 0.05) is 4.88 Å². The highest BCUT2D eigenvalue weighted by atomic mass is 32.1. The fourth-order valence-corrected chi connectivity index (χ4v) is 2.86. The van der Waals surface area contributed by atoms with Gasteiger partial charge in [-0.3, -0.25) is 0 Å². The summed E-state index contributed by atoms with van der Waals surface area (Å²) in [6.07, 6.45) is 0. The molecule has 0 aliphatic heterocycles. The molecule has 96 valence electrons. The summed E-state index contributed by atoms with van der Waals surface area (Å²) in [4.78, 5) is 1.18. The highest BCUT2D eigenvalue weighted by molar-refractivity contribution is 7.10. The van der Waals surface area contributed by atoms with E-state index in [9.17, 15) is 0 Å². The molecule has 2 N–H and O–H groups in total.